The van der Waals surface area contributed by atoms with Crippen molar-refractivity contribution in [2.75, 3.05) is 19.8 Å². The van der Waals surface area contributed by atoms with E-state index in [1.54, 1.807) is 6.26 Å². The molecule has 0 bridgehead atoms. The third kappa shape index (κ3) is 3.97. The van der Waals surface area contributed by atoms with E-state index in [9.17, 15) is 10.2 Å². The fourth-order valence-electron chi connectivity index (χ4n) is 2.95. The maximum Gasteiger partial charge on any atom is 0.120 e. The van der Waals surface area contributed by atoms with Crippen LogP contribution in [0.25, 0.3) is 0 Å². The zero-order chi connectivity index (χ0) is 15.8. The zero-order valence-electron chi connectivity index (χ0n) is 13.1. The van der Waals surface area contributed by atoms with Crippen LogP contribution in [0.2, 0.25) is 0 Å². The quantitative estimate of drug-likeness (QED) is 0.747. The molecule has 1 heterocycles. The number of furan rings is 1. The Balaban J connectivity index is 2.33. The molecule has 2 aromatic rings. The predicted octanol–water partition coefficient (Wildman–Crippen LogP) is 3.15. The van der Waals surface area contributed by atoms with Crippen LogP contribution in [-0.2, 0) is 0 Å². The lowest BCUT2D eigenvalue weighted by Gasteiger charge is -2.36. The number of benzene rings is 1. The summed E-state index contributed by atoms with van der Waals surface area (Å²) < 4.78 is 5.60. The summed E-state index contributed by atoms with van der Waals surface area (Å²) in [6, 6.07) is 13.7. The summed E-state index contributed by atoms with van der Waals surface area (Å²) in [4.78, 5) is 2.14. The SMILES string of the molecule is CCC[C@H](c1ccco1)N(CCO)[C@H](CO)c1ccccc1. The normalized spacial score (nSPS) is 14.2. The van der Waals surface area contributed by atoms with Gasteiger partial charge in [-0.2, -0.15) is 0 Å². The van der Waals surface area contributed by atoms with Gasteiger partial charge in [-0.15, -0.1) is 0 Å². The minimum absolute atomic E-state index is 0.00490. The lowest BCUT2D eigenvalue weighted by Crippen LogP contribution is -2.37. The van der Waals surface area contributed by atoms with Crippen molar-refractivity contribution < 1.29 is 14.6 Å². The van der Waals surface area contributed by atoms with Crippen molar-refractivity contribution in [3.63, 3.8) is 0 Å². The van der Waals surface area contributed by atoms with Crippen LogP contribution in [0.15, 0.2) is 53.1 Å². The Labute approximate surface area is 132 Å². The summed E-state index contributed by atoms with van der Waals surface area (Å²) in [5.41, 5.74) is 1.05. The van der Waals surface area contributed by atoms with Crippen LogP contribution < -0.4 is 0 Å². The average Bonchev–Trinajstić information content (AvgIpc) is 3.08. The van der Waals surface area contributed by atoms with Crippen molar-refractivity contribution in [1.82, 2.24) is 4.90 Å². The Hall–Kier alpha value is -1.62. The molecule has 0 aliphatic heterocycles. The number of hydrogen-bond donors (Lipinski definition) is 2. The van der Waals surface area contributed by atoms with Crippen LogP contribution in [0.1, 0.15) is 43.2 Å². The average molecular weight is 303 g/mol. The van der Waals surface area contributed by atoms with Crippen molar-refractivity contribution in [2.45, 2.75) is 31.8 Å². The molecule has 0 saturated carbocycles. The molecule has 0 fully saturated rings. The van der Waals surface area contributed by atoms with E-state index >= 15 is 0 Å². The molecular formula is C18H25NO3. The minimum atomic E-state index is -0.157. The van der Waals surface area contributed by atoms with E-state index in [0.29, 0.717) is 6.54 Å². The lowest BCUT2D eigenvalue weighted by atomic mass is 10.00. The van der Waals surface area contributed by atoms with Gasteiger partial charge in [0.05, 0.1) is 31.6 Å². The molecule has 0 radical (unpaired) electrons. The number of nitrogens with zero attached hydrogens (tertiary/aromatic N) is 1. The first-order valence-electron chi connectivity index (χ1n) is 7.87. The van der Waals surface area contributed by atoms with Gasteiger partial charge < -0.3 is 14.6 Å². The number of aliphatic hydroxyl groups is 2. The van der Waals surface area contributed by atoms with Crippen molar-refractivity contribution >= 4 is 0 Å². The molecule has 2 atom stereocenters. The Bertz CT molecular complexity index is 510. The van der Waals surface area contributed by atoms with E-state index in [1.807, 2.05) is 42.5 Å². The Morgan fingerprint density at radius 1 is 1.05 bits per heavy atom. The van der Waals surface area contributed by atoms with Gasteiger partial charge in [-0.3, -0.25) is 4.90 Å². The van der Waals surface area contributed by atoms with Gasteiger partial charge in [0.2, 0.25) is 0 Å². The van der Waals surface area contributed by atoms with E-state index in [0.717, 1.165) is 24.2 Å². The van der Waals surface area contributed by atoms with Crippen LogP contribution in [0.5, 0.6) is 0 Å². The van der Waals surface area contributed by atoms with E-state index in [2.05, 4.69) is 11.8 Å². The summed E-state index contributed by atoms with van der Waals surface area (Å²) in [5.74, 6) is 0.879. The Kier molecular flexibility index (Phi) is 6.65. The summed E-state index contributed by atoms with van der Waals surface area (Å²) >= 11 is 0. The molecule has 0 saturated heterocycles. The van der Waals surface area contributed by atoms with Crippen LogP contribution >= 0.6 is 0 Å². The highest BCUT2D eigenvalue weighted by atomic mass is 16.3. The summed E-state index contributed by atoms with van der Waals surface area (Å²) in [5, 5.41) is 19.4. The molecule has 4 nitrogen and oxygen atoms in total. The molecule has 0 amide bonds. The second-order valence-corrected chi connectivity index (χ2v) is 5.39. The van der Waals surface area contributed by atoms with Gasteiger partial charge in [0.15, 0.2) is 0 Å². The molecule has 0 unspecified atom stereocenters. The molecule has 1 aromatic carbocycles. The second-order valence-electron chi connectivity index (χ2n) is 5.39. The molecule has 0 spiro atoms. The first-order chi connectivity index (χ1) is 10.8. The predicted molar refractivity (Wildman–Crippen MR) is 86.4 cm³/mol. The van der Waals surface area contributed by atoms with Crippen LogP contribution in [0.4, 0.5) is 0 Å². The molecule has 22 heavy (non-hydrogen) atoms. The molecule has 4 heteroatoms. The van der Waals surface area contributed by atoms with Crippen molar-refractivity contribution in [3.8, 4) is 0 Å². The number of hydrogen-bond acceptors (Lipinski definition) is 4. The van der Waals surface area contributed by atoms with Gasteiger partial charge in [-0.1, -0.05) is 43.7 Å². The summed E-state index contributed by atoms with van der Waals surface area (Å²) in [6.07, 6.45) is 3.59. The van der Waals surface area contributed by atoms with E-state index in [-0.39, 0.29) is 25.3 Å². The molecule has 0 aliphatic rings. The third-order valence-corrected chi connectivity index (χ3v) is 3.95. The van der Waals surface area contributed by atoms with Crippen LogP contribution in [0, 0.1) is 0 Å². The van der Waals surface area contributed by atoms with Gasteiger partial charge in [0, 0.05) is 6.54 Å². The van der Waals surface area contributed by atoms with Crippen LogP contribution in [0.3, 0.4) is 0 Å². The smallest absolute Gasteiger partial charge is 0.120 e. The second kappa shape index (κ2) is 8.73. The number of rotatable bonds is 9. The van der Waals surface area contributed by atoms with E-state index < -0.39 is 0 Å². The Morgan fingerprint density at radius 2 is 1.82 bits per heavy atom. The van der Waals surface area contributed by atoms with Gasteiger partial charge in [-0.25, -0.2) is 0 Å². The first kappa shape index (κ1) is 16.7. The van der Waals surface area contributed by atoms with Gasteiger partial charge in [-0.05, 0) is 24.1 Å². The molecule has 2 rings (SSSR count). The fraction of sp³-hybridized carbons (Fsp3) is 0.444. The zero-order valence-corrected chi connectivity index (χ0v) is 13.1. The highest BCUT2D eigenvalue weighted by molar-refractivity contribution is 5.20. The maximum atomic E-state index is 9.94. The fourth-order valence-corrected chi connectivity index (χ4v) is 2.95. The topological polar surface area (TPSA) is 56.8 Å². The molecular weight excluding hydrogens is 278 g/mol. The van der Waals surface area contributed by atoms with Gasteiger partial charge in [0.25, 0.3) is 0 Å². The highest BCUT2D eigenvalue weighted by Gasteiger charge is 2.29. The van der Waals surface area contributed by atoms with Crippen molar-refractivity contribution in [3.05, 3.63) is 60.1 Å². The standard InChI is InChI=1S/C18H25NO3/c1-2-7-16(18-10-6-13-22-18)19(11-12-20)17(14-21)15-8-4-3-5-9-15/h3-6,8-10,13,16-17,20-21H,2,7,11-12,14H2,1H3/t16-,17-/m1/s1. The summed E-state index contributed by atoms with van der Waals surface area (Å²) in [6.45, 7) is 2.67. The lowest BCUT2D eigenvalue weighted by molar-refractivity contribution is 0.0507. The first-order valence-corrected chi connectivity index (χ1v) is 7.87. The highest BCUT2D eigenvalue weighted by Crippen LogP contribution is 2.33. The molecule has 1 aromatic heterocycles. The van der Waals surface area contributed by atoms with Crippen molar-refractivity contribution in [2.24, 2.45) is 0 Å². The van der Waals surface area contributed by atoms with Gasteiger partial charge >= 0.3 is 0 Å². The Morgan fingerprint density at radius 3 is 2.36 bits per heavy atom. The van der Waals surface area contributed by atoms with Gasteiger partial charge in [0.1, 0.15) is 5.76 Å². The summed E-state index contributed by atoms with van der Waals surface area (Å²) in [7, 11) is 0. The van der Waals surface area contributed by atoms with E-state index in [1.165, 1.54) is 0 Å². The molecule has 2 N–H and O–H groups in total. The van der Waals surface area contributed by atoms with Crippen LogP contribution in [-0.4, -0.2) is 34.9 Å². The molecule has 120 valence electrons. The largest absolute Gasteiger partial charge is 0.468 e. The van der Waals surface area contributed by atoms with Crippen molar-refractivity contribution in [1.29, 1.82) is 0 Å². The molecule has 0 aliphatic carbocycles. The van der Waals surface area contributed by atoms with E-state index in [4.69, 9.17) is 4.42 Å². The maximum absolute atomic E-state index is 9.94. The monoisotopic (exact) mass is 303 g/mol. The third-order valence-electron chi connectivity index (χ3n) is 3.95. The number of aliphatic hydroxyl groups excluding tert-OH is 2. The minimum Gasteiger partial charge on any atom is -0.468 e.